The Hall–Kier alpha value is -2.54. The van der Waals surface area contributed by atoms with Gasteiger partial charge in [-0.15, -0.1) is 0 Å². The number of nitrogens with zero attached hydrogens (tertiary/aromatic N) is 2. The number of aryl methyl sites for hydroxylation is 1. The zero-order valence-electron chi connectivity index (χ0n) is 14.6. The number of carbonyl (C=O) groups excluding carboxylic acids is 1. The van der Waals surface area contributed by atoms with Crippen LogP contribution in [0.1, 0.15) is 6.42 Å². The summed E-state index contributed by atoms with van der Waals surface area (Å²) >= 11 is 0. The lowest BCUT2D eigenvalue weighted by Crippen LogP contribution is -2.46. The second kappa shape index (κ2) is 7.57. The van der Waals surface area contributed by atoms with Crippen LogP contribution in [0.25, 0.3) is 10.8 Å². The fraction of sp³-hybridized carbons (Fsp3) is 0.444. The molecule has 1 aliphatic heterocycles. The summed E-state index contributed by atoms with van der Waals surface area (Å²) in [5.74, 6) is 1.18. The van der Waals surface area contributed by atoms with Crippen LogP contribution in [0.15, 0.2) is 29.2 Å². The molecule has 134 valence electrons. The van der Waals surface area contributed by atoms with Gasteiger partial charge in [-0.1, -0.05) is 0 Å². The number of methoxy groups -OCH3 is 2. The van der Waals surface area contributed by atoms with Gasteiger partial charge in [-0.3, -0.25) is 9.59 Å². The molecule has 1 aromatic heterocycles. The minimum atomic E-state index is -0.133. The molecule has 3 rings (SSSR count). The zero-order chi connectivity index (χ0) is 17.8. The Morgan fingerprint density at radius 3 is 2.52 bits per heavy atom. The van der Waals surface area contributed by atoms with Gasteiger partial charge in [-0.25, -0.2) is 0 Å². The van der Waals surface area contributed by atoms with Crippen LogP contribution < -0.4 is 20.3 Å². The molecule has 0 atom stereocenters. The summed E-state index contributed by atoms with van der Waals surface area (Å²) in [7, 11) is 3.10. The maximum atomic E-state index is 12.7. The van der Waals surface area contributed by atoms with Crippen LogP contribution in [0.2, 0.25) is 0 Å². The van der Waals surface area contributed by atoms with Crippen LogP contribution in [0.4, 0.5) is 0 Å². The maximum Gasteiger partial charge on any atom is 0.258 e. The van der Waals surface area contributed by atoms with Crippen molar-refractivity contribution in [1.29, 1.82) is 0 Å². The molecule has 0 aliphatic carbocycles. The van der Waals surface area contributed by atoms with E-state index in [1.165, 1.54) is 7.11 Å². The van der Waals surface area contributed by atoms with Gasteiger partial charge in [0, 0.05) is 45.3 Å². The molecule has 7 nitrogen and oxygen atoms in total. The van der Waals surface area contributed by atoms with Crippen LogP contribution in [-0.4, -0.2) is 55.8 Å². The van der Waals surface area contributed by atoms with Gasteiger partial charge in [-0.05, 0) is 23.6 Å². The molecule has 2 aromatic rings. The Morgan fingerprint density at radius 2 is 1.84 bits per heavy atom. The fourth-order valence-electron chi connectivity index (χ4n) is 3.08. The normalized spacial score (nSPS) is 14.6. The Kier molecular flexibility index (Phi) is 5.23. The zero-order valence-corrected chi connectivity index (χ0v) is 14.6. The largest absolute Gasteiger partial charge is 0.493 e. The van der Waals surface area contributed by atoms with Crippen LogP contribution in [0, 0.1) is 0 Å². The van der Waals surface area contributed by atoms with Crippen molar-refractivity contribution in [3.63, 3.8) is 0 Å². The molecule has 0 bridgehead atoms. The molecule has 7 heteroatoms. The molecule has 25 heavy (non-hydrogen) atoms. The van der Waals surface area contributed by atoms with Gasteiger partial charge in [0.1, 0.15) is 0 Å². The number of hydrogen-bond acceptors (Lipinski definition) is 5. The molecule has 1 saturated heterocycles. The van der Waals surface area contributed by atoms with E-state index in [0.29, 0.717) is 29.9 Å². The number of rotatable bonds is 5. The highest BCUT2D eigenvalue weighted by Crippen LogP contribution is 2.30. The van der Waals surface area contributed by atoms with E-state index in [0.717, 1.165) is 31.6 Å². The second-order valence-electron chi connectivity index (χ2n) is 5.99. The van der Waals surface area contributed by atoms with Gasteiger partial charge in [0.15, 0.2) is 11.5 Å². The third kappa shape index (κ3) is 3.61. The first-order valence-corrected chi connectivity index (χ1v) is 8.37. The first-order valence-electron chi connectivity index (χ1n) is 8.37. The molecule has 1 N–H and O–H groups in total. The molecule has 0 saturated carbocycles. The maximum absolute atomic E-state index is 12.7. The highest BCUT2D eigenvalue weighted by Gasteiger charge is 2.16. The summed E-state index contributed by atoms with van der Waals surface area (Å²) in [6, 6.07) is 5.32. The van der Waals surface area contributed by atoms with Gasteiger partial charge in [-0.2, -0.15) is 0 Å². The lowest BCUT2D eigenvalue weighted by Gasteiger charge is -2.27. The smallest absolute Gasteiger partial charge is 0.258 e. The van der Waals surface area contributed by atoms with Crippen molar-refractivity contribution in [3.8, 4) is 11.5 Å². The predicted molar refractivity (Wildman–Crippen MR) is 95.4 cm³/mol. The predicted octanol–water partition coefficient (Wildman–Crippen LogP) is 0.841. The molecular weight excluding hydrogens is 322 g/mol. The van der Waals surface area contributed by atoms with Crippen LogP contribution in [0.5, 0.6) is 11.5 Å². The minimum absolute atomic E-state index is 0.0841. The number of pyridine rings is 1. The number of benzene rings is 1. The Morgan fingerprint density at radius 1 is 1.16 bits per heavy atom. The number of fused-ring (bicyclic) bond motifs is 1. The van der Waals surface area contributed by atoms with Gasteiger partial charge in [0.05, 0.1) is 19.6 Å². The van der Waals surface area contributed by atoms with Gasteiger partial charge in [0.25, 0.3) is 5.56 Å². The number of nitrogens with one attached hydrogen (secondary N) is 1. The standard InChI is InChI=1S/C18H23N3O4/c1-24-15-11-13-3-7-21(18(23)14(13)12-16(15)25-2)8-4-17(22)20-9-5-19-6-10-20/h3,7,11-12,19H,4-6,8-10H2,1-2H3. The van der Waals surface area contributed by atoms with Crippen molar-refractivity contribution in [1.82, 2.24) is 14.8 Å². The quantitative estimate of drug-likeness (QED) is 0.869. The molecule has 0 radical (unpaired) electrons. The number of carbonyl (C=O) groups is 1. The van der Waals surface area contributed by atoms with Crippen molar-refractivity contribution >= 4 is 16.7 Å². The van der Waals surface area contributed by atoms with Crippen molar-refractivity contribution in [3.05, 3.63) is 34.7 Å². The lowest BCUT2D eigenvalue weighted by molar-refractivity contribution is -0.132. The number of hydrogen-bond donors (Lipinski definition) is 1. The molecule has 0 unspecified atom stereocenters. The Balaban J connectivity index is 1.81. The monoisotopic (exact) mass is 345 g/mol. The van der Waals surface area contributed by atoms with Gasteiger partial charge >= 0.3 is 0 Å². The number of piperazine rings is 1. The number of aromatic nitrogens is 1. The Bertz CT molecular complexity index is 825. The fourth-order valence-corrected chi connectivity index (χ4v) is 3.08. The SMILES string of the molecule is COc1cc2ccn(CCC(=O)N3CCNCC3)c(=O)c2cc1OC. The van der Waals surface area contributed by atoms with Gasteiger partial charge in [0.2, 0.25) is 5.91 Å². The first kappa shape index (κ1) is 17.3. The molecule has 1 amide bonds. The van der Waals surface area contributed by atoms with Crippen molar-refractivity contribution in [2.75, 3.05) is 40.4 Å². The first-order chi connectivity index (χ1) is 12.1. The number of amides is 1. The van der Waals surface area contributed by atoms with E-state index in [4.69, 9.17) is 9.47 Å². The van der Waals surface area contributed by atoms with Crippen LogP contribution in [-0.2, 0) is 11.3 Å². The van der Waals surface area contributed by atoms with Crippen molar-refractivity contribution < 1.29 is 14.3 Å². The highest BCUT2D eigenvalue weighted by atomic mass is 16.5. The van der Waals surface area contributed by atoms with E-state index in [1.54, 1.807) is 30.0 Å². The Labute approximate surface area is 146 Å². The van der Waals surface area contributed by atoms with Crippen LogP contribution in [0.3, 0.4) is 0 Å². The van der Waals surface area contributed by atoms with E-state index >= 15 is 0 Å². The molecule has 1 aromatic carbocycles. The van der Waals surface area contributed by atoms with E-state index in [1.807, 2.05) is 11.0 Å². The van der Waals surface area contributed by atoms with E-state index in [9.17, 15) is 9.59 Å². The van der Waals surface area contributed by atoms with E-state index in [-0.39, 0.29) is 11.5 Å². The summed E-state index contributed by atoms with van der Waals surface area (Å²) in [6.45, 7) is 3.46. The third-order valence-electron chi connectivity index (χ3n) is 4.52. The molecule has 1 aliphatic rings. The minimum Gasteiger partial charge on any atom is -0.493 e. The summed E-state index contributed by atoms with van der Waals surface area (Å²) in [6.07, 6.45) is 2.04. The summed E-state index contributed by atoms with van der Waals surface area (Å²) in [5.41, 5.74) is -0.133. The summed E-state index contributed by atoms with van der Waals surface area (Å²) < 4.78 is 12.1. The highest BCUT2D eigenvalue weighted by molar-refractivity contribution is 5.85. The van der Waals surface area contributed by atoms with Crippen molar-refractivity contribution in [2.24, 2.45) is 0 Å². The summed E-state index contributed by atoms with van der Waals surface area (Å²) in [4.78, 5) is 26.8. The molecule has 1 fully saturated rings. The van der Waals surface area contributed by atoms with Crippen LogP contribution >= 0.6 is 0 Å². The molecule has 0 spiro atoms. The topological polar surface area (TPSA) is 72.8 Å². The average molecular weight is 345 g/mol. The molecular formula is C18H23N3O4. The van der Waals surface area contributed by atoms with E-state index < -0.39 is 0 Å². The average Bonchev–Trinajstić information content (AvgIpc) is 2.67. The summed E-state index contributed by atoms with van der Waals surface area (Å²) in [5, 5.41) is 4.56. The van der Waals surface area contributed by atoms with Gasteiger partial charge < -0.3 is 24.3 Å². The van der Waals surface area contributed by atoms with Crippen molar-refractivity contribution in [2.45, 2.75) is 13.0 Å². The lowest BCUT2D eigenvalue weighted by atomic mass is 10.1. The third-order valence-corrected chi connectivity index (χ3v) is 4.52. The van der Waals surface area contributed by atoms with E-state index in [2.05, 4.69) is 5.32 Å². The second-order valence-corrected chi connectivity index (χ2v) is 5.99. The molecule has 2 heterocycles. The number of ether oxygens (including phenoxy) is 2.